The van der Waals surface area contributed by atoms with E-state index >= 15 is 0 Å². The van der Waals surface area contributed by atoms with Crippen LogP contribution in [0.5, 0.6) is 5.88 Å². The van der Waals surface area contributed by atoms with Crippen molar-refractivity contribution in [2.45, 2.75) is 38.9 Å². The molecule has 114 valence electrons. The van der Waals surface area contributed by atoms with Crippen LogP contribution in [0.25, 0.3) is 0 Å². The van der Waals surface area contributed by atoms with Crippen molar-refractivity contribution in [1.82, 2.24) is 4.98 Å². The maximum atomic E-state index is 12.2. The molecule has 2 rings (SSSR count). The Balaban J connectivity index is 2.42. The zero-order chi connectivity index (χ0) is 20.8. The predicted octanol–water partition coefficient (Wildman–Crippen LogP) is 1.18. The summed E-state index contributed by atoms with van der Waals surface area (Å²) in [6, 6.07) is 1.18. The summed E-state index contributed by atoms with van der Waals surface area (Å²) in [7, 11) is -6.81. The van der Waals surface area contributed by atoms with Crippen molar-refractivity contribution in [1.29, 1.82) is 0 Å². The molecular weight excluding hydrogens is 273 g/mol. The van der Waals surface area contributed by atoms with E-state index in [-0.39, 0.29) is 5.46 Å². The summed E-state index contributed by atoms with van der Waals surface area (Å²) in [6.07, 6.45) is 1.23. The van der Waals surface area contributed by atoms with Crippen LogP contribution in [0.15, 0.2) is 12.3 Å². The monoisotopic (exact) mass is 299 g/mol. The summed E-state index contributed by atoms with van der Waals surface area (Å²) >= 11 is 0. The van der Waals surface area contributed by atoms with Crippen LogP contribution in [-0.4, -0.2) is 43.3 Å². The van der Waals surface area contributed by atoms with Gasteiger partial charge in [0.15, 0.2) is 0 Å². The van der Waals surface area contributed by atoms with E-state index in [4.69, 9.17) is 22.3 Å². The van der Waals surface area contributed by atoms with Crippen LogP contribution in [0.4, 0.5) is 0 Å². The standard InChI is InChI=1S/C14H20BNO5/c1-13(2)14(3,4)21-15(20-13)9-7-10(12(17)19-6)11(18-5)16-8-9/h7-8H,1-6H3/i5D3,6D3. The van der Waals surface area contributed by atoms with Crippen LogP contribution < -0.4 is 10.2 Å². The first-order valence-electron chi connectivity index (χ1n) is 9.29. The van der Waals surface area contributed by atoms with E-state index in [0.29, 0.717) is 0 Å². The van der Waals surface area contributed by atoms with Crippen molar-refractivity contribution in [2.75, 3.05) is 14.1 Å². The Hall–Kier alpha value is -1.60. The lowest BCUT2D eigenvalue weighted by Gasteiger charge is -2.32. The quantitative estimate of drug-likeness (QED) is 0.616. The van der Waals surface area contributed by atoms with Gasteiger partial charge in [-0.05, 0) is 33.8 Å². The van der Waals surface area contributed by atoms with E-state index in [9.17, 15) is 4.79 Å². The van der Waals surface area contributed by atoms with Crippen LogP contribution in [0.3, 0.4) is 0 Å². The molecule has 0 atom stereocenters. The average molecular weight is 299 g/mol. The Morgan fingerprint density at radius 3 is 2.52 bits per heavy atom. The van der Waals surface area contributed by atoms with E-state index in [1.165, 1.54) is 12.3 Å². The molecule has 1 aromatic rings. The highest BCUT2D eigenvalue weighted by atomic mass is 16.7. The van der Waals surface area contributed by atoms with Gasteiger partial charge in [-0.15, -0.1) is 0 Å². The van der Waals surface area contributed by atoms with Crippen molar-refractivity contribution in [3.63, 3.8) is 0 Å². The number of methoxy groups -OCH3 is 2. The number of esters is 1. The Morgan fingerprint density at radius 2 is 1.95 bits per heavy atom. The van der Waals surface area contributed by atoms with Crippen molar-refractivity contribution >= 4 is 18.6 Å². The number of hydrogen-bond acceptors (Lipinski definition) is 6. The van der Waals surface area contributed by atoms with Gasteiger partial charge in [-0.25, -0.2) is 9.78 Å². The number of pyridine rings is 1. The number of carbonyl (C=O) groups is 1. The first kappa shape index (κ1) is 9.43. The summed E-state index contributed by atoms with van der Waals surface area (Å²) in [5.41, 5.74) is -1.51. The second kappa shape index (κ2) is 5.31. The van der Waals surface area contributed by atoms with Gasteiger partial charge in [-0.1, -0.05) is 0 Å². The maximum Gasteiger partial charge on any atom is 0.496 e. The van der Waals surface area contributed by atoms with Crippen LogP contribution in [-0.2, 0) is 14.0 Å². The molecule has 21 heavy (non-hydrogen) atoms. The molecule has 0 aromatic carbocycles. The molecule has 0 aliphatic carbocycles. The Morgan fingerprint density at radius 1 is 1.29 bits per heavy atom. The third-order valence-corrected chi connectivity index (χ3v) is 3.81. The molecule has 1 aliphatic rings. The zero-order valence-corrected chi connectivity index (χ0v) is 12.2. The fourth-order valence-electron chi connectivity index (χ4n) is 1.86. The molecule has 0 amide bonds. The smallest absolute Gasteiger partial charge is 0.480 e. The van der Waals surface area contributed by atoms with E-state index in [1.807, 2.05) is 27.7 Å². The highest BCUT2D eigenvalue weighted by Gasteiger charge is 2.52. The maximum absolute atomic E-state index is 12.2. The van der Waals surface area contributed by atoms with Gasteiger partial charge in [0, 0.05) is 11.7 Å². The Bertz CT molecular complexity index is 718. The number of hydrogen-bond donors (Lipinski definition) is 0. The molecule has 1 fully saturated rings. The molecule has 2 heterocycles. The van der Waals surface area contributed by atoms with Gasteiger partial charge in [0.2, 0.25) is 5.88 Å². The highest BCUT2D eigenvalue weighted by Crippen LogP contribution is 2.36. The minimum absolute atomic E-state index is 0.282. The van der Waals surface area contributed by atoms with Gasteiger partial charge in [0.1, 0.15) is 5.56 Å². The Kier molecular flexibility index (Phi) is 2.38. The zero-order valence-electron chi connectivity index (χ0n) is 18.2. The lowest BCUT2D eigenvalue weighted by Crippen LogP contribution is -2.41. The third kappa shape index (κ3) is 2.75. The molecule has 0 N–H and O–H groups in total. The van der Waals surface area contributed by atoms with Gasteiger partial charge >= 0.3 is 13.1 Å². The molecule has 0 radical (unpaired) electrons. The molecule has 1 aliphatic heterocycles. The molecule has 6 nitrogen and oxygen atoms in total. The van der Waals surface area contributed by atoms with Crippen molar-refractivity contribution in [3.05, 3.63) is 17.8 Å². The van der Waals surface area contributed by atoms with Crippen molar-refractivity contribution < 1.29 is 31.8 Å². The summed E-state index contributed by atoms with van der Waals surface area (Å²) in [4.78, 5) is 16.0. The molecule has 1 aromatic heterocycles. The predicted molar refractivity (Wildman–Crippen MR) is 77.8 cm³/mol. The fourth-order valence-corrected chi connectivity index (χ4v) is 1.86. The lowest BCUT2D eigenvalue weighted by atomic mass is 9.79. The number of aromatic nitrogens is 1. The van der Waals surface area contributed by atoms with Gasteiger partial charge in [-0.2, -0.15) is 0 Å². The second-order valence-electron chi connectivity index (χ2n) is 5.70. The average Bonchev–Trinajstić information content (AvgIpc) is 2.64. The van der Waals surface area contributed by atoms with Crippen molar-refractivity contribution in [2.24, 2.45) is 0 Å². The van der Waals surface area contributed by atoms with Crippen LogP contribution in [0, 0.1) is 0 Å². The third-order valence-electron chi connectivity index (χ3n) is 3.81. The Labute approximate surface area is 133 Å². The van der Waals surface area contributed by atoms with Crippen LogP contribution in [0.2, 0.25) is 0 Å². The molecule has 0 bridgehead atoms. The summed E-state index contributed by atoms with van der Waals surface area (Å²) in [6.45, 7) is 7.32. The summed E-state index contributed by atoms with van der Waals surface area (Å²) in [5, 5.41) is 0. The summed E-state index contributed by atoms with van der Waals surface area (Å²) in [5.74, 6) is -1.88. The highest BCUT2D eigenvalue weighted by molar-refractivity contribution is 6.62. The van der Waals surface area contributed by atoms with E-state index < -0.39 is 49.8 Å². The first-order valence-corrected chi connectivity index (χ1v) is 6.29. The van der Waals surface area contributed by atoms with Gasteiger partial charge in [0.05, 0.1) is 33.5 Å². The van der Waals surface area contributed by atoms with Gasteiger partial charge in [-0.3, -0.25) is 0 Å². The molecular formula is C14H20BNO5. The minimum Gasteiger partial charge on any atom is -0.480 e. The van der Waals surface area contributed by atoms with Gasteiger partial charge < -0.3 is 18.8 Å². The number of carbonyl (C=O) groups excluding carboxylic acids is 1. The molecule has 1 saturated heterocycles. The first-order chi connectivity index (χ1) is 12.0. The van der Waals surface area contributed by atoms with Crippen molar-refractivity contribution in [3.8, 4) is 5.88 Å². The van der Waals surface area contributed by atoms with Crippen LogP contribution in [0.1, 0.15) is 46.3 Å². The molecule has 0 saturated carbocycles. The minimum atomic E-state index is -3.02. The summed E-state index contributed by atoms with van der Waals surface area (Å²) < 4.78 is 63.4. The number of ether oxygens (including phenoxy) is 2. The lowest BCUT2D eigenvalue weighted by molar-refractivity contribution is 0.00578. The number of rotatable bonds is 3. The van der Waals surface area contributed by atoms with Gasteiger partial charge in [0.25, 0.3) is 0 Å². The fraction of sp³-hybridized carbons (Fsp3) is 0.571. The molecule has 7 heteroatoms. The molecule has 0 spiro atoms. The van der Waals surface area contributed by atoms with E-state index in [1.54, 1.807) is 0 Å². The molecule has 0 unspecified atom stereocenters. The normalized spacial score (nSPS) is 24.9. The number of nitrogens with zero attached hydrogens (tertiary/aromatic N) is 1. The van der Waals surface area contributed by atoms with Crippen LogP contribution >= 0.6 is 0 Å². The SMILES string of the molecule is [2H]C([2H])([2H])OC(=O)c1cc(B2OC(C)(C)C(C)(C)O2)cnc1OC([2H])([2H])[2H]. The second-order valence-corrected chi connectivity index (χ2v) is 5.70. The van der Waals surface area contributed by atoms with E-state index in [2.05, 4.69) is 9.72 Å². The topological polar surface area (TPSA) is 66.9 Å². The van der Waals surface area contributed by atoms with E-state index in [0.717, 1.165) is 0 Å². The largest absolute Gasteiger partial charge is 0.496 e.